The van der Waals surface area contributed by atoms with Crippen molar-refractivity contribution in [1.29, 1.82) is 0 Å². The lowest BCUT2D eigenvalue weighted by Gasteiger charge is -2.09. The summed E-state index contributed by atoms with van der Waals surface area (Å²) in [4.78, 5) is 0.205. The molecule has 21 heavy (non-hydrogen) atoms. The smallest absolute Gasteiger partial charge is 0.265 e. The summed E-state index contributed by atoms with van der Waals surface area (Å²) in [6.07, 6.45) is 0. The number of nitrogens with two attached hydrogens (primary N) is 1. The van der Waals surface area contributed by atoms with Gasteiger partial charge in [-0.2, -0.15) is 5.10 Å². The van der Waals surface area contributed by atoms with Gasteiger partial charge in [-0.25, -0.2) is 8.42 Å². The predicted octanol–water partition coefficient (Wildman–Crippen LogP) is 2.02. The van der Waals surface area contributed by atoms with Crippen molar-refractivity contribution in [1.82, 2.24) is 9.78 Å². The normalized spacial score (nSPS) is 11.6. The SMILES string of the molecule is Cc1nn(CCN)c(C)c1S(=O)(=O)Nc1cccc(Br)c1. The zero-order chi connectivity index (χ0) is 15.6. The maximum Gasteiger partial charge on any atom is 0.265 e. The molecule has 8 heteroatoms. The molecular weight excluding hydrogens is 356 g/mol. The molecule has 0 aliphatic heterocycles. The van der Waals surface area contributed by atoms with Gasteiger partial charge in [-0.1, -0.05) is 22.0 Å². The first-order chi connectivity index (χ1) is 9.85. The molecule has 6 nitrogen and oxygen atoms in total. The monoisotopic (exact) mass is 372 g/mol. The molecular formula is C13H17BrN4O2S. The van der Waals surface area contributed by atoms with E-state index in [4.69, 9.17) is 5.73 Å². The van der Waals surface area contributed by atoms with Crippen molar-refractivity contribution < 1.29 is 8.42 Å². The van der Waals surface area contributed by atoms with Crippen molar-refractivity contribution in [2.75, 3.05) is 11.3 Å². The topological polar surface area (TPSA) is 90.0 Å². The second kappa shape index (κ2) is 6.17. The molecule has 2 rings (SSSR count). The number of sulfonamides is 1. The van der Waals surface area contributed by atoms with Gasteiger partial charge in [0.25, 0.3) is 10.0 Å². The number of aromatic nitrogens is 2. The maximum absolute atomic E-state index is 12.6. The second-order valence-electron chi connectivity index (χ2n) is 4.63. The summed E-state index contributed by atoms with van der Waals surface area (Å²) in [5.74, 6) is 0. The van der Waals surface area contributed by atoms with E-state index in [1.165, 1.54) is 0 Å². The Balaban J connectivity index is 2.40. The van der Waals surface area contributed by atoms with Gasteiger partial charge in [0.15, 0.2) is 0 Å². The van der Waals surface area contributed by atoms with Crippen LogP contribution in [0.2, 0.25) is 0 Å². The van der Waals surface area contributed by atoms with Crippen LogP contribution >= 0.6 is 15.9 Å². The minimum atomic E-state index is -3.68. The third kappa shape index (κ3) is 3.45. The molecule has 0 saturated heterocycles. The van der Waals surface area contributed by atoms with Gasteiger partial charge in [-0.05, 0) is 32.0 Å². The molecule has 0 fully saturated rings. The van der Waals surface area contributed by atoms with Crippen LogP contribution in [0.1, 0.15) is 11.4 Å². The highest BCUT2D eigenvalue weighted by molar-refractivity contribution is 9.10. The fraction of sp³-hybridized carbons (Fsp3) is 0.308. The first-order valence-corrected chi connectivity index (χ1v) is 8.65. The van der Waals surface area contributed by atoms with Gasteiger partial charge in [0.05, 0.1) is 17.9 Å². The van der Waals surface area contributed by atoms with Crippen LogP contribution in [0.3, 0.4) is 0 Å². The third-order valence-electron chi connectivity index (χ3n) is 3.00. The highest BCUT2D eigenvalue weighted by atomic mass is 79.9. The molecule has 0 bridgehead atoms. The van der Waals surface area contributed by atoms with Gasteiger partial charge in [-0.3, -0.25) is 9.40 Å². The largest absolute Gasteiger partial charge is 0.329 e. The lowest BCUT2D eigenvalue weighted by atomic mass is 10.3. The first-order valence-electron chi connectivity index (χ1n) is 6.37. The van der Waals surface area contributed by atoms with E-state index in [9.17, 15) is 8.42 Å². The molecule has 2 aromatic rings. The Hall–Kier alpha value is -1.38. The molecule has 0 aliphatic rings. The van der Waals surface area contributed by atoms with Crippen LogP contribution in [-0.4, -0.2) is 24.7 Å². The van der Waals surface area contributed by atoms with Crippen LogP contribution in [0.5, 0.6) is 0 Å². The lowest BCUT2D eigenvalue weighted by molar-refractivity contribution is 0.593. The second-order valence-corrected chi connectivity index (χ2v) is 7.16. The molecule has 3 N–H and O–H groups in total. The minimum absolute atomic E-state index is 0.205. The Kier molecular flexibility index (Phi) is 4.70. The molecule has 0 spiro atoms. The Morgan fingerprint density at radius 1 is 1.38 bits per heavy atom. The fourth-order valence-corrected chi connectivity index (χ4v) is 4.03. The molecule has 114 valence electrons. The van der Waals surface area contributed by atoms with E-state index in [1.807, 2.05) is 6.07 Å². The third-order valence-corrected chi connectivity index (χ3v) is 5.13. The van der Waals surface area contributed by atoms with Crippen LogP contribution in [0.25, 0.3) is 0 Å². The molecule has 0 amide bonds. The fourth-order valence-electron chi connectivity index (χ4n) is 2.17. The van der Waals surface area contributed by atoms with Gasteiger partial charge in [0.1, 0.15) is 4.90 Å². The molecule has 0 aliphatic carbocycles. The Morgan fingerprint density at radius 3 is 2.71 bits per heavy atom. The average Bonchev–Trinajstić information content (AvgIpc) is 2.64. The van der Waals surface area contributed by atoms with E-state index in [0.717, 1.165) is 4.47 Å². The van der Waals surface area contributed by atoms with Gasteiger partial charge < -0.3 is 5.73 Å². The lowest BCUT2D eigenvalue weighted by Crippen LogP contribution is -2.16. The van der Waals surface area contributed by atoms with Crippen molar-refractivity contribution in [3.05, 3.63) is 40.1 Å². The van der Waals surface area contributed by atoms with Crippen molar-refractivity contribution >= 4 is 31.6 Å². The zero-order valence-electron chi connectivity index (χ0n) is 11.8. The first kappa shape index (κ1) is 16.0. The molecule has 0 atom stereocenters. The molecule has 1 aromatic carbocycles. The van der Waals surface area contributed by atoms with Crippen LogP contribution < -0.4 is 10.5 Å². The molecule has 1 heterocycles. The number of hydrogen-bond acceptors (Lipinski definition) is 4. The van der Waals surface area contributed by atoms with Gasteiger partial charge in [0, 0.05) is 16.7 Å². The van der Waals surface area contributed by atoms with E-state index < -0.39 is 10.0 Å². The Labute approximate surface area is 132 Å². The van der Waals surface area contributed by atoms with E-state index >= 15 is 0 Å². The summed E-state index contributed by atoms with van der Waals surface area (Å²) in [7, 11) is -3.68. The molecule has 0 radical (unpaired) electrons. The Bertz CT molecular complexity index is 756. The molecule has 0 unspecified atom stereocenters. The summed E-state index contributed by atoms with van der Waals surface area (Å²) in [6.45, 7) is 4.29. The number of rotatable bonds is 5. The highest BCUT2D eigenvalue weighted by Gasteiger charge is 2.24. The highest BCUT2D eigenvalue weighted by Crippen LogP contribution is 2.24. The van der Waals surface area contributed by atoms with E-state index in [1.54, 1.807) is 36.7 Å². The van der Waals surface area contributed by atoms with Crippen molar-refractivity contribution in [3.63, 3.8) is 0 Å². The number of aryl methyl sites for hydroxylation is 1. The van der Waals surface area contributed by atoms with Gasteiger partial charge >= 0.3 is 0 Å². The molecule has 1 aromatic heterocycles. The van der Waals surface area contributed by atoms with E-state index in [0.29, 0.717) is 30.2 Å². The van der Waals surface area contributed by atoms with Gasteiger partial charge in [-0.15, -0.1) is 0 Å². The standard InChI is InChI=1S/C13H17BrN4O2S/c1-9-13(10(2)18(16-9)7-6-15)21(19,20)17-12-5-3-4-11(14)8-12/h3-5,8,17H,6-7,15H2,1-2H3. The van der Waals surface area contributed by atoms with Crippen LogP contribution in [0.4, 0.5) is 5.69 Å². The van der Waals surface area contributed by atoms with Crippen molar-refractivity contribution in [2.45, 2.75) is 25.3 Å². The Morgan fingerprint density at radius 2 is 2.10 bits per heavy atom. The zero-order valence-corrected chi connectivity index (χ0v) is 14.2. The molecule has 0 saturated carbocycles. The number of benzene rings is 1. The number of nitrogens with one attached hydrogen (secondary N) is 1. The average molecular weight is 373 g/mol. The quantitative estimate of drug-likeness (QED) is 0.839. The van der Waals surface area contributed by atoms with Gasteiger partial charge in [0.2, 0.25) is 0 Å². The van der Waals surface area contributed by atoms with E-state index in [-0.39, 0.29) is 4.90 Å². The number of halogens is 1. The summed E-state index contributed by atoms with van der Waals surface area (Å²) in [5, 5.41) is 4.23. The van der Waals surface area contributed by atoms with Crippen LogP contribution in [-0.2, 0) is 16.6 Å². The predicted molar refractivity (Wildman–Crippen MR) is 85.7 cm³/mol. The van der Waals surface area contributed by atoms with Crippen molar-refractivity contribution in [2.24, 2.45) is 5.73 Å². The summed E-state index contributed by atoms with van der Waals surface area (Å²) in [6, 6.07) is 6.98. The van der Waals surface area contributed by atoms with Crippen LogP contribution in [0.15, 0.2) is 33.6 Å². The number of hydrogen-bond donors (Lipinski definition) is 2. The minimum Gasteiger partial charge on any atom is -0.329 e. The van der Waals surface area contributed by atoms with E-state index in [2.05, 4.69) is 25.8 Å². The van der Waals surface area contributed by atoms with Crippen LogP contribution in [0, 0.1) is 13.8 Å². The number of anilines is 1. The summed E-state index contributed by atoms with van der Waals surface area (Å²) < 4.78 is 30.1. The summed E-state index contributed by atoms with van der Waals surface area (Å²) >= 11 is 3.31. The maximum atomic E-state index is 12.6. The summed E-state index contributed by atoms with van der Waals surface area (Å²) in [5.41, 5.74) is 7.05. The number of nitrogens with zero attached hydrogens (tertiary/aromatic N) is 2. The van der Waals surface area contributed by atoms with Crippen molar-refractivity contribution in [3.8, 4) is 0 Å².